The first-order valence-electron chi connectivity index (χ1n) is 11.8. The minimum Gasteiger partial charge on any atom is -0.331 e. The molecule has 0 radical (unpaired) electrons. The SMILES string of the molecule is Cc1c(C(=O)N2CCCCCC2c2ccccc2)c(-c2ccccc2)nn1-c1ccccc1. The number of nitrogens with zero attached hydrogens (tertiary/aromatic N) is 3. The van der Waals surface area contributed by atoms with E-state index in [0.29, 0.717) is 5.56 Å². The largest absolute Gasteiger partial charge is 0.331 e. The first-order valence-corrected chi connectivity index (χ1v) is 11.8. The first-order chi connectivity index (χ1) is 16.2. The summed E-state index contributed by atoms with van der Waals surface area (Å²) >= 11 is 0. The molecule has 2 heterocycles. The molecule has 1 aliphatic heterocycles. The van der Waals surface area contributed by atoms with Gasteiger partial charge in [-0.15, -0.1) is 0 Å². The quantitative estimate of drug-likeness (QED) is 0.362. The zero-order valence-corrected chi connectivity index (χ0v) is 19.0. The van der Waals surface area contributed by atoms with E-state index >= 15 is 0 Å². The van der Waals surface area contributed by atoms with E-state index in [-0.39, 0.29) is 11.9 Å². The molecule has 0 saturated carbocycles. The molecule has 1 unspecified atom stereocenters. The van der Waals surface area contributed by atoms with Gasteiger partial charge in [-0.2, -0.15) is 5.10 Å². The number of likely N-dealkylation sites (tertiary alicyclic amines) is 1. The minimum atomic E-state index is 0.0734. The van der Waals surface area contributed by atoms with E-state index in [0.717, 1.165) is 54.9 Å². The normalized spacial score (nSPS) is 16.4. The van der Waals surface area contributed by atoms with Gasteiger partial charge in [0, 0.05) is 12.1 Å². The molecule has 1 fully saturated rings. The molecule has 0 N–H and O–H groups in total. The molecule has 1 atom stereocenters. The van der Waals surface area contributed by atoms with Crippen LogP contribution in [0.4, 0.5) is 0 Å². The maximum atomic E-state index is 14.3. The molecule has 33 heavy (non-hydrogen) atoms. The van der Waals surface area contributed by atoms with Crippen LogP contribution in [0.5, 0.6) is 0 Å². The fourth-order valence-corrected chi connectivity index (χ4v) is 4.89. The van der Waals surface area contributed by atoms with Crippen LogP contribution in [0.1, 0.15) is 53.3 Å². The second kappa shape index (κ2) is 9.45. The van der Waals surface area contributed by atoms with Crippen molar-refractivity contribution in [2.45, 2.75) is 38.6 Å². The van der Waals surface area contributed by atoms with Crippen LogP contribution in [0.15, 0.2) is 91.0 Å². The third-order valence-electron chi connectivity index (χ3n) is 6.58. The molecule has 3 aromatic carbocycles. The van der Waals surface area contributed by atoms with E-state index in [1.165, 1.54) is 5.56 Å². The van der Waals surface area contributed by atoms with Gasteiger partial charge >= 0.3 is 0 Å². The van der Waals surface area contributed by atoms with Crippen LogP contribution in [-0.2, 0) is 0 Å². The second-order valence-corrected chi connectivity index (χ2v) is 8.70. The predicted molar refractivity (Wildman–Crippen MR) is 132 cm³/mol. The number of amides is 1. The minimum absolute atomic E-state index is 0.0734. The Morgan fingerprint density at radius 1 is 0.818 bits per heavy atom. The van der Waals surface area contributed by atoms with Crippen molar-refractivity contribution in [1.82, 2.24) is 14.7 Å². The summed E-state index contributed by atoms with van der Waals surface area (Å²) in [7, 11) is 0. The number of carbonyl (C=O) groups excluding carboxylic acids is 1. The monoisotopic (exact) mass is 435 g/mol. The molecule has 1 aliphatic rings. The van der Waals surface area contributed by atoms with Crippen LogP contribution >= 0.6 is 0 Å². The van der Waals surface area contributed by atoms with Crippen molar-refractivity contribution in [2.75, 3.05) is 6.54 Å². The van der Waals surface area contributed by atoms with Gasteiger partial charge in [0.15, 0.2) is 0 Å². The lowest BCUT2D eigenvalue weighted by Crippen LogP contribution is -2.35. The van der Waals surface area contributed by atoms with E-state index in [4.69, 9.17) is 5.10 Å². The number of carbonyl (C=O) groups is 1. The summed E-state index contributed by atoms with van der Waals surface area (Å²) in [6.07, 6.45) is 4.31. The van der Waals surface area contributed by atoms with Crippen molar-refractivity contribution in [2.24, 2.45) is 0 Å². The molecule has 1 saturated heterocycles. The van der Waals surface area contributed by atoms with E-state index in [9.17, 15) is 4.79 Å². The molecule has 0 aliphatic carbocycles. The van der Waals surface area contributed by atoms with Gasteiger partial charge < -0.3 is 4.90 Å². The average molecular weight is 436 g/mol. The lowest BCUT2D eigenvalue weighted by molar-refractivity contribution is 0.0681. The van der Waals surface area contributed by atoms with Crippen LogP contribution in [0.2, 0.25) is 0 Å². The fourth-order valence-electron chi connectivity index (χ4n) is 4.89. The van der Waals surface area contributed by atoms with Crippen LogP contribution in [0.3, 0.4) is 0 Å². The van der Waals surface area contributed by atoms with E-state index in [1.54, 1.807) is 0 Å². The van der Waals surface area contributed by atoms with Crippen molar-refractivity contribution in [3.05, 3.63) is 108 Å². The summed E-state index contributed by atoms with van der Waals surface area (Å²) in [5.41, 5.74) is 5.46. The highest BCUT2D eigenvalue weighted by molar-refractivity contribution is 6.01. The Labute approximate surface area is 195 Å². The molecule has 4 aromatic rings. The number of hydrogen-bond donors (Lipinski definition) is 0. The molecule has 4 nitrogen and oxygen atoms in total. The highest BCUT2D eigenvalue weighted by Gasteiger charge is 2.32. The Morgan fingerprint density at radius 3 is 2.15 bits per heavy atom. The van der Waals surface area contributed by atoms with Crippen molar-refractivity contribution < 1.29 is 4.79 Å². The maximum Gasteiger partial charge on any atom is 0.258 e. The van der Waals surface area contributed by atoms with E-state index in [1.807, 2.05) is 78.3 Å². The number of aromatic nitrogens is 2. The maximum absolute atomic E-state index is 14.3. The molecule has 0 bridgehead atoms. The molecule has 1 aromatic heterocycles. The van der Waals surface area contributed by atoms with Gasteiger partial charge in [-0.25, -0.2) is 4.68 Å². The Bertz CT molecular complexity index is 1220. The number of benzene rings is 3. The number of para-hydroxylation sites is 1. The highest BCUT2D eigenvalue weighted by Crippen LogP contribution is 2.35. The van der Waals surface area contributed by atoms with Gasteiger partial charge in [0.05, 0.1) is 23.0 Å². The van der Waals surface area contributed by atoms with Crippen LogP contribution in [0.25, 0.3) is 16.9 Å². The third-order valence-corrected chi connectivity index (χ3v) is 6.58. The van der Waals surface area contributed by atoms with Crippen LogP contribution in [0, 0.1) is 6.92 Å². The topological polar surface area (TPSA) is 38.1 Å². The molecule has 1 amide bonds. The van der Waals surface area contributed by atoms with Crippen molar-refractivity contribution in [1.29, 1.82) is 0 Å². The van der Waals surface area contributed by atoms with Crippen LogP contribution in [-0.4, -0.2) is 27.1 Å². The summed E-state index contributed by atoms with van der Waals surface area (Å²) in [6.45, 7) is 2.78. The van der Waals surface area contributed by atoms with Gasteiger partial charge in [-0.1, -0.05) is 91.7 Å². The number of rotatable bonds is 4. The van der Waals surface area contributed by atoms with Gasteiger partial charge in [-0.3, -0.25) is 4.79 Å². The second-order valence-electron chi connectivity index (χ2n) is 8.70. The predicted octanol–water partition coefficient (Wildman–Crippen LogP) is 6.61. The van der Waals surface area contributed by atoms with E-state index < -0.39 is 0 Å². The first kappa shape index (κ1) is 21.2. The van der Waals surface area contributed by atoms with Crippen molar-refractivity contribution in [3.63, 3.8) is 0 Å². The lowest BCUT2D eigenvalue weighted by atomic mass is 9.99. The summed E-state index contributed by atoms with van der Waals surface area (Å²) in [5, 5.41) is 4.96. The Morgan fingerprint density at radius 2 is 1.45 bits per heavy atom. The third kappa shape index (κ3) is 4.21. The van der Waals surface area contributed by atoms with Crippen molar-refractivity contribution in [3.8, 4) is 16.9 Å². The Balaban J connectivity index is 1.64. The smallest absolute Gasteiger partial charge is 0.258 e. The zero-order chi connectivity index (χ0) is 22.6. The Hall–Kier alpha value is -3.66. The van der Waals surface area contributed by atoms with Gasteiger partial charge in [0.2, 0.25) is 0 Å². The molecule has 4 heteroatoms. The van der Waals surface area contributed by atoms with E-state index in [2.05, 4.69) is 29.2 Å². The zero-order valence-electron chi connectivity index (χ0n) is 19.0. The van der Waals surface area contributed by atoms with Gasteiger partial charge in [-0.05, 0) is 37.5 Å². The molecular weight excluding hydrogens is 406 g/mol. The lowest BCUT2D eigenvalue weighted by Gasteiger charge is -2.31. The van der Waals surface area contributed by atoms with Crippen molar-refractivity contribution >= 4 is 5.91 Å². The van der Waals surface area contributed by atoms with Gasteiger partial charge in [0.25, 0.3) is 5.91 Å². The standard InChI is InChI=1S/C29H29N3O/c1-22-27(29(33)31-21-13-5-12-20-26(31)23-14-6-2-7-15-23)28(24-16-8-3-9-17-24)30-32(22)25-18-10-4-11-19-25/h2-4,6-11,14-19,26H,5,12-13,20-21H2,1H3. The summed E-state index contributed by atoms with van der Waals surface area (Å²) in [4.78, 5) is 16.4. The summed E-state index contributed by atoms with van der Waals surface area (Å²) in [6, 6.07) is 30.7. The average Bonchev–Trinajstić information content (AvgIpc) is 3.04. The van der Waals surface area contributed by atoms with Gasteiger partial charge in [0.1, 0.15) is 5.69 Å². The summed E-state index contributed by atoms with van der Waals surface area (Å²) in [5.74, 6) is 0.0734. The molecule has 0 spiro atoms. The molecule has 166 valence electrons. The highest BCUT2D eigenvalue weighted by atomic mass is 16.2. The molecule has 5 rings (SSSR count). The number of hydrogen-bond acceptors (Lipinski definition) is 2. The fraction of sp³-hybridized carbons (Fsp3) is 0.241. The Kier molecular flexibility index (Phi) is 6.07. The summed E-state index contributed by atoms with van der Waals surface area (Å²) < 4.78 is 1.91. The van der Waals surface area contributed by atoms with Crippen LogP contribution < -0.4 is 0 Å². The molecular formula is C29H29N3O.